The first-order valence-electron chi connectivity index (χ1n) is 9.41. The molecule has 0 radical (unpaired) electrons. The van der Waals surface area contributed by atoms with Crippen LogP contribution in [0.2, 0.25) is 0 Å². The molecule has 1 aliphatic carbocycles. The fourth-order valence-electron chi connectivity index (χ4n) is 4.04. The molecule has 0 saturated carbocycles. The van der Waals surface area contributed by atoms with Gasteiger partial charge in [-0.15, -0.1) is 11.3 Å². The van der Waals surface area contributed by atoms with Crippen molar-refractivity contribution >= 4 is 27.5 Å². The third kappa shape index (κ3) is 3.24. The number of nitrogens with zero attached hydrogens (tertiary/aromatic N) is 3. The van der Waals surface area contributed by atoms with E-state index in [4.69, 9.17) is 0 Å². The fraction of sp³-hybridized carbons (Fsp3) is 0.632. The highest BCUT2D eigenvalue weighted by molar-refractivity contribution is 7.18. The van der Waals surface area contributed by atoms with Gasteiger partial charge in [-0.05, 0) is 43.6 Å². The Kier molecular flexibility index (Phi) is 4.63. The number of hydrogen-bond donors (Lipinski definition) is 0. The van der Waals surface area contributed by atoms with E-state index in [2.05, 4.69) is 11.9 Å². The maximum Gasteiger partial charge on any atom is 0.262 e. The van der Waals surface area contributed by atoms with Gasteiger partial charge in [0.15, 0.2) is 0 Å². The van der Waals surface area contributed by atoms with Crippen molar-refractivity contribution in [3.63, 3.8) is 0 Å². The zero-order chi connectivity index (χ0) is 17.4. The number of likely N-dealkylation sites (tertiary alicyclic amines) is 1. The van der Waals surface area contributed by atoms with Crippen LogP contribution in [-0.4, -0.2) is 33.4 Å². The van der Waals surface area contributed by atoms with Crippen molar-refractivity contribution in [3.05, 3.63) is 27.1 Å². The Morgan fingerprint density at radius 1 is 1.28 bits per heavy atom. The summed E-state index contributed by atoms with van der Waals surface area (Å²) in [7, 11) is 0. The number of aryl methyl sites for hydroxylation is 1. The first-order valence-corrected chi connectivity index (χ1v) is 10.2. The number of hydrogen-bond acceptors (Lipinski definition) is 4. The minimum atomic E-state index is -0.0415. The summed E-state index contributed by atoms with van der Waals surface area (Å²) in [5.41, 5.74) is 1.15. The summed E-state index contributed by atoms with van der Waals surface area (Å²) in [6.45, 7) is 4.01. The SMILES string of the molecule is CC1CCc2c(sc3ncn(CC(=O)N4CCCCCC4)c(=O)c23)C1. The molecule has 1 unspecified atom stereocenters. The molecule has 5 nitrogen and oxygen atoms in total. The van der Waals surface area contributed by atoms with Crippen molar-refractivity contribution < 1.29 is 4.79 Å². The van der Waals surface area contributed by atoms with Crippen LogP contribution in [0.3, 0.4) is 0 Å². The Morgan fingerprint density at radius 3 is 2.80 bits per heavy atom. The van der Waals surface area contributed by atoms with Gasteiger partial charge < -0.3 is 4.90 Å². The lowest BCUT2D eigenvalue weighted by Crippen LogP contribution is -2.37. The molecule has 4 rings (SSSR count). The van der Waals surface area contributed by atoms with Gasteiger partial charge in [-0.3, -0.25) is 14.2 Å². The summed E-state index contributed by atoms with van der Waals surface area (Å²) in [6, 6.07) is 0. The lowest BCUT2D eigenvalue weighted by atomic mass is 9.89. The van der Waals surface area contributed by atoms with Crippen molar-refractivity contribution in [2.45, 2.75) is 58.4 Å². The molecule has 2 aliphatic rings. The van der Waals surface area contributed by atoms with Gasteiger partial charge in [-0.1, -0.05) is 19.8 Å². The minimum absolute atomic E-state index is 0.0415. The van der Waals surface area contributed by atoms with Crippen molar-refractivity contribution in [2.24, 2.45) is 5.92 Å². The standard InChI is InChI=1S/C19H25N3O2S/c1-13-6-7-14-15(10-13)25-18-17(14)19(24)22(12-20-18)11-16(23)21-8-4-2-3-5-9-21/h12-13H,2-11H2,1H3. The molecule has 0 spiro atoms. The number of amides is 1. The number of fused-ring (bicyclic) bond motifs is 3. The van der Waals surface area contributed by atoms with Crippen LogP contribution in [0.5, 0.6) is 0 Å². The average molecular weight is 359 g/mol. The maximum absolute atomic E-state index is 13.0. The van der Waals surface area contributed by atoms with Crippen LogP contribution >= 0.6 is 11.3 Å². The van der Waals surface area contributed by atoms with E-state index in [1.54, 1.807) is 17.7 Å². The predicted molar refractivity (Wildman–Crippen MR) is 100 cm³/mol. The molecule has 2 aromatic rings. The van der Waals surface area contributed by atoms with E-state index in [-0.39, 0.29) is 18.0 Å². The quantitative estimate of drug-likeness (QED) is 0.828. The molecule has 3 heterocycles. The van der Waals surface area contributed by atoms with E-state index < -0.39 is 0 Å². The number of carbonyl (C=O) groups excluding carboxylic acids is 1. The summed E-state index contributed by atoms with van der Waals surface area (Å²) < 4.78 is 1.51. The van der Waals surface area contributed by atoms with Crippen molar-refractivity contribution in [3.8, 4) is 0 Å². The molecule has 25 heavy (non-hydrogen) atoms. The minimum Gasteiger partial charge on any atom is -0.341 e. The molecule has 1 amide bonds. The number of aromatic nitrogens is 2. The summed E-state index contributed by atoms with van der Waals surface area (Å²) >= 11 is 1.66. The zero-order valence-electron chi connectivity index (χ0n) is 14.8. The van der Waals surface area contributed by atoms with Crippen LogP contribution < -0.4 is 5.56 Å². The second kappa shape index (κ2) is 6.90. The van der Waals surface area contributed by atoms with Crippen LogP contribution in [0.1, 0.15) is 49.5 Å². The van der Waals surface area contributed by atoms with Crippen LogP contribution in [0.25, 0.3) is 10.2 Å². The molecule has 0 bridgehead atoms. The van der Waals surface area contributed by atoms with Crippen LogP contribution in [0.15, 0.2) is 11.1 Å². The highest BCUT2D eigenvalue weighted by Crippen LogP contribution is 2.35. The number of rotatable bonds is 2. The van der Waals surface area contributed by atoms with E-state index in [0.717, 1.165) is 55.4 Å². The maximum atomic E-state index is 13.0. The molecule has 2 aromatic heterocycles. The molecule has 1 aliphatic heterocycles. The summed E-state index contributed by atoms with van der Waals surface area (Å²) in [4.78, 5) is 34.2. The van der Waals surface area contributed by atoms with Crippen molar-refractivity contribution in [1.82, 2.24) is 14.5 Å². The van der Waals surface area contributed by atoms with E-state index >= 15 is 0 Å². The Balaban J connectivity index is 1.63. The van der Waals surface area contributed by atoms with E-state index in [1.165, 1.54) is 27.8 Å². The molecular formula is C19H25N3O2S. The molecule has 6 heteroatoms. The van der Waals surface area contributed by atoms with E-state index in [0.29, 0.717) is 5.92 Å². The average Bonchev–Trinajstić information content (AvgIpc) is 2.78. The second-order valence-electron chi connectivity index (χ2n) is 7.50. The second-order valence-corrected chi connectivity index (χ2v) is 8.59. The van der Waals surface area contributed by atoms with Gasteiger partial charge in [0, 0.05) is 18.0 Å². The summed E-state index contributed by atoms with van der Waals surface area (Å²) in [5.74, 6) is 0.718. The van der Waals surface area contributed by atoms with Gasteiger partial charge in [0.05, 0.1) is 11.7 Å². The predicted octanol–water partition coefficient (Wildman–Crippen LogP) is 2.99. The number of carbonyl (C=O) groups is 1. The summed E-state index contributed by atoms with van der Waals surface area (Å²) in [6.07, 6.45) is 9.20. The van der Waals surface area contributed by atoms with Gasteiger partial charge in [0.25, 0.3) is 5.56 Å². The Bertz CT molecular complexity index is 846. The van der Waals surface area contributed by atoms with Gasteiger partial charge in [-0.25, -0.2) is 4.98 Å². The smallest absolute Gasteiger partial charge is 0.262 e. The molecule has 1 fully saturated rings. The van der Waals surface area contributed by atoms with Gasteiger partial charge in [0.1, 0.15) is 11.4 Å². The third-order valence-corrected chi connectivity index (χ3v) is 6.71. The lowest BCUT2D eigenvalue weighted by Gasteiger charge is -2.20. The Morgan fingerprint density at radius 2 is 2.04 bits per heavy atom. The van der Waals surface area contributed by atoms with E-state index in [1.807, 2.05) is 4.90 Å². The van der Waals surface area contributed by atoms with E-state index in [9.17, 15) is 9.59 Å². The largest absolute Gasteiger partial charge is 0.341 e. The monoisotopic (exact) mass is 359 g/mol. The highest BCUT2D eigenvalue weighted by Gasteiger charge is 2.24. The number of thiophene rings is 1. The Labute approximate surface area is 151 Å². The zero-order valence-corrected chi connectivity index (χ0v) is 15.6. The summed E-state index contributed by atoms with van der Waals surface area (Å²) in [5, 5.41) is 0.762. The van der Waals surface area contributed by atoms with Crippen molar-refractivity contribution in [1.29, 1.82) is 0 Å². The normalized spacial score (nSPS) is 21.2. The Hall–Kier alpha value is -1.69. The van der Waals surface area contributed by atoms with Crippen molar-refractivity contribution in [2.75, 3.05) is 13.1 Å². The molecule has 0 aromatic carbocycles. The first-order chi connectivity index (χ1) is 12.1. The first kappa shape index (κ1) is 16.8. The van der Waals surface area contributed by atoms with Gasteiger partial charge >= 0.3 is 0 Å². The molecular weight excluding hydrogens is 334 g/mol. The molecule has 0 N–H and O–H groups in total. The van der Waals surface area contributed by atoms with Crippen LogP contribution in [0.4, 0.5) is 0 Å². The molecule has 1 saturated heterocycles. The molecule has 1 atom stereocenters. The van der Waals surface area contributed by atoms with Gasteiger partial charge in [0.2, 0.25) is 5.91 Å². The van der Waals surface area contributed by atoms with Gasteiger partial charge in [-0.2, -0.15) is 0 Å². The topological polar surface area (TPSA) is 55.2 Å². The lowest BCUT2D eigenvalue weighted by molar-refractivity contribution is -0.131. The third-order valence-electron chi connectivity index (χ3n) is 5.55. The van der Waals surface area contributed by atoms with Crippen LogP contribution in [0, 0.1) is 5.92 Å². The van der Waals surface area contributed by atoms with Crippen LogP contribution in [-0.2, 0) is 24.2 Å². The molecule has 134 valence electrons. The highest BCUT2D eigenvalue weighted by atomic mass is 32.1. The fourth-order valence-corrected chi connectivity index (χ4v) is 5.39.